The fourth-order valence-corrected chi connectivity index (χ4v) is 6.76. The Hall–Kier alpha value is -2.90. The predicted octanol–water partition coefficient (Wildman–Crippen LogP) is 4.20. The van der Waals surface area contributed by atoms with Crippen molar-refractivity contribution in [3.63, 3.8) is 0 Å². The van der Waals surface area contributed by atoms with Crippen LogP contribution in [0, 0.1) is 6.92 Å². The molecular weight excluding hydrogens is 490 g/mol. The number of nitrogens with one attached hydrogen (secondary N) is 1. The van der Waals surface area contributed by atoms with Gasteiger partial charge in [-0.1, -0.05) is 30.2 Å². The van der Waals surface area contributed by atoms with Gasteiger partial charge in [0, 0.05) is 48.6 Å². The molecule has 1 aliphatic carbocycles. The first kappa shape index (κ1) is 24.4. The van der Waals surface area contributed by atoms with Crippen LogP contribution in [0.2, 0.25) is 5.02 Å². The molecule has 1 saturated carbocycles. The van der Waals surface area contributed by atoms with E-state index in [2.05, 4.69) is 29.3 Å². The minimum atomic E-state index is -0.605. The molecule has 1 N–H and O–H groups in total. The van der Waals surface area contributed by atoms with E-state index in [9.17, 15) is 14.4 Å². The second-order valence-electron chi connectivity index (χ2n) is 10.9. The molecule has 8 heteroatoms. The second kappa shape index (κ2) is 9.76. The van der Waals surface area contributed by atoms with E-state index in [4.69, 9.17) is 16.3 Å². The molecule has 4 aliphatic rings. The highest BCUT2D eigenvalue weighted by Gasteiger charge is 2.41. The first-order chi connectivity index (χ1) is 17.9. The molecule has 3 amide bonds. The Morgan fingerprint density at radius 2 is 1.81 bits per heavy atom. The van der Waals surface area contributed by atoms with Crippen molar-refractivity contribution in [1.82, 2.24) is 15.1 Å². The molecule has 3 aliphatic heterocycles. The molecule has 3 atom stereocenters. The van der Waals surface area contributed by atoms with Crippen LogP contribution in [-0.4, -0.2) is 58.8 Å². The fourth-order valence-electron chi connectivity index (χ4n) is 6.37. The Morgan fingerprint density at radius 1 is 1.00 bits per heavy atom. The second-order valence-corrected chi connectivity index (χ2v) is 11.3. The normalized spacial score (nSPS) is 26.6. The van der Waals surface area contributed by atoms with Gasteiger partial charge in [-0.15, -0.1) is 0 Å². The zero-order valence-electron chi connectivity index (χ0n) is 21.0. The molecule has 0 radical (unpaired) electrons. The Morgan fingerprint density at radius 3 is 2.59 bits per heavy atom. The number of carbonyl (C=O) groups is 3. The highest BCUT2D eigenvalue weighted by Crippen LogP contribution is 2.38. The molecule has 1 unspecified atom stereocenters. The van der Waals surface area contributed by atoms with Gasteiger partial charge in [-0.3, -0.25) is 24.6 Å². The zero-order valence-corrected chi connectivity index (χ0v) is 21.8. The van der Waals surface area contributed by atoms with Gasteiger partial charge in [0.25, 0.3) is 5.91 Å². The zero-order chi connectivity index (χ0) is 25.7. The summed E-state index contributed by atoms with van der Waals surface area (Å²) >= 11 is 6.53. The summed E-state index contributed by atoms with van der Waals surface area (Å²) < 4.78 is 6.56. The van der Waals surface area contributed by atoms with Crippen LogP contribution in [0.3, 0.4) is 0 Å². The van der Waals surface area contributed by atoms with Crippen LogP contribution in [0.5, 0.6) is 5.75 Å². The molecule has 0 spiro atoms. The molecule has 6 rings (SSSR count). The Balaban J connectivity index is 1.12. The SMILES string of the molecule is Cc1ccc(C2CN([C@H]3CCCC[C@@H]3Oc3ccc4c(c3)CN(C3CCC(=O)NC3=O)C4=O)C2)c(Cl)c1. The Labute approximate surface area is 222 Å². The molecule has 194 valence electrons. The van der Waals surface area contributed by atoms with Crippen molar-refractivity contribution >= 4 is 29.3 Å². The van der Waals surface area contributed by atoms with Gasteiger partial charge >= 0.3 is 0 Å². The van der Waals surface area contributed by atoms with Gasteiger partial charge in [0.2, 0.25) is 11.8 Å². The molecular formula is C29H32ClN3O4. The number of hydrogen-bond donors (Lipinski definition) is 1. The first-order valence-corrected chi connectivity index (χ1v) is 13.7. The quantitative estimate of drug-likeness (QED) is 0.597. The summed E-state index contributed by atoms with van der Waals surface area (Å²) in [5, 5.41) is 3.22. The van der Waals surface area contributed by atoms with Crippen molar-refractivity contribution in [2.45, 2.75) is 76.1 Å². The summed E-state index contributed by atoms with van der Waals surface area (Å²) in [7, 11) is 0. The van der Waals surface area contributed by atoms with Gasteiger partial charge in [0.15, 0.2) is 0 Å². The summed E-state index contributed by atoms with van der Waals surface area (Å²) in [6.45, 7) is 4.41. The van der Waals surface area contributed by atoms with Gasteiger partial charge in [-0.2, -0.15) is 0 Å². The number of fused-ring (bicyclic) bond motifs is 1. The maximum atomic E-state index is 13.0. The Bertz CT molecular complexity index is 1260. The van der Waals surface area contributed by atoms with Crippen LogP contribution in [-0.2, 0) is 16.1 Å². The van der Waals surface area contributed by atoms with E-state index in [0.717, 1.165) is 48.7 Å². The number of amides is 3. The maximum Gasteiger partial charge on any atom is 0.255 e. The van der Waals surface area contributed by atoms with Crippen molar-refractivity contribution in [3.8, 4) is 5.75 Å². The predicted molar refractivity (Wildman–Crippen MR) is 140 cm³/mol. The summed E-state index contributed by atoms with van der Waals surface area (Å²) in [6.07, 6.45) is 5.20. The number of hydrogen-bond acceptors (Lipinski definition) is 5. The van der Waals surface area contributed by atoms with E-state index in [0.29, 0.717) is 30.5 Å². The molecule has 2 aromatic carbocycles. The van der Waals surface area contributed by atoms with Crippen LogP contribution in [0.4, 0.5) is 0 Å². The number of ether oxygens (including phenoxy) is 1. The Kier molecular flexibility index (Phi) is 6.45. The van der Waals surface area contributed by atoms with Crippen LogP contribution >= 0.6 is 11.6 Å². The van der Waals surface area contributed by atoms with Crippen LogP contribution in [0.15, 0.2) is 36.4 Å². The number of halogens is 1. The molecule has 37 heavy (non-hydrogen) atoms. The lowest BCUT2D eigenvalue weighted by Crippen LogP contribution is -2.57. The summed E-state index contributed by atoms with van der Waals surface area (Å²) in [4.78, 5) is 41.0. The third-order valence-corrected chi connectivity index (χ3v) is 8.75. The summed E-state index contributed by atoms with van der Waals surface area (Å²) in [5.41, 5.74) is 3.90. The largest absolute Gasteiger partial charge is 0.489 e. The van der Waals surface area contributed by atoms with Gasteiger partial charge < -0.3 is 9.64 Å². The number of piperidine rings is 1. The highest BCUT2D eigenvalue weighted by atomic mass is 35.5. The average molecular weight is 522 g/mol. The van der Waals surface area contributed by atoms with Gasteiger partial charge in [-0.25, -0.2) is 0 Å². The van der Waals surface area contributed by atoms with Gasteiger partial charge in [-0.05, 0) is 73.6 Å². The van der Waals surface area contributed by atoms with Crippen LogP contribution in [0.1, 0.15) is 71.5 Å². The van der Waals surface area contributed by atoms with Gasteiger partial charge in [0.1, 0.15) is 17.9 Å². The van der Waals surface area contributed by atoms with Crippen molar-refractivity contribution in [2.24, 2.45) is 0 Å². The lowest BCUT2D eigenvalue weighted by molar-refractivity contribution is -0.136. The topological polar surface area (TPSA) is 79.0 Å². The van der Waals surface area contributed by atoms with E-state index in [1.807, 2.05) is 24.3 Å². The smallest absolute Gasteiger partial charge is 0.255 e. The van der Waals surface area contributed by atoms with E-state index < -0.39 is 11.9 Å². The minimum absolute atomic E-state index is 0.101. The third kappa shape index (κ3) is 4.64. The third-order valence-electron chi connectivity index (χ3n) is 8.42. The summed E-state index contributed by atoms with van der Waals surface area (Å²) in [6, 6.07) is 11.8. The standard InChI is InChI=1S/C29H32ClN3O4/c1-17-6-8-21(23(30)12-17)19-14-32(15-19)24-4-2-3-5-26(24)37-20-7-9-22-18(13-20)16-33(29(22)36)25-10-11-27(34)31-28(25)35/h6-9,12-13,19,24-26H,2-5,10-11,14-16H2,1H3,(H,31,34,35)/t24-,25?,26-/m0/s1. The summed E-state index contributed by atoms with van der Waals surface area (Å²) in [5.74, 6) is 0.400. The van der Waals surface area contributed by atoms with Gasteiger partial charge in [0.05, 0.1) is 0 Å². The molecule has 0 aromatic heterocycles. The van der Waals surface area contributed by atoms with Crippen molar-refractivity contribution in [1.29, 1.82) is 0 Å². The monoisotopic (exact) mass is 521 g/mol. The van der Waals surface area contributed by atoms with E-state index in [1.165, 1.54) is 17.5 Å². The number of carbonyl (C=O) groups excluding carboxylic acids is 3. The molecule has 3 heterocycles. The number of benzene rings is 2. The molecule has 2 aromatic rings. The minimum Gasteiger partial charge on any atom is -0.489 e. The molecule has 2 saturated heterocycles. The molecule has 0 bridgehead atoms. The average Bonchev–Trinajstić information content (AvgIpc) is 3.16. The van der Waals surface area contributed by atoms with E-state index >= 15 is 0 Å². The molecule has 3 fully saturated rings. The van der Waals surface area contributed by atoms with Crippen LogP contribution < -0.4 is 10.1 Å². The van der Waals surface area contributed by atoms with Crippen LogP contribution in [0.25, 0.3) is 0 Å². The lowest BCUT2D eigenvalue weighted by atomic mass is 9.84. The highest BCUT2D eigenvalue weighted by molar-refractivity contribution is 6.31. The number of imide groups is 1. The van der Waals surface area contributed by atoms with Crippen molar-refractivity contribution in [2.75, 3.05) is 13.1 Å². The van der Waals surface area contributed by atoms with Crippen molar-refractivity contribution < 1.29 is 19.1 Å². The van der Waals surface area contributed by atoms with E-state index in [-0.39, 0.29) is 24.3 Å². The maximum absolute atomic E-state index is 13.0. The number of rotatable bonds is 5. The van der Waals surface area contributed by atoms with E-state index in [1.54, 1.807) is 4.90 Å². The first-order valence-electron chi connectivity index (χ1n) is 13.3. The lowest BCUT2D eigenvalue weighted by Gasteiger charge is -2.48. The van der Waals surface area contributed by atoms with Crippen molar-refractivity contribution in [3.05, 3.63) is 63.7 Å². The fraction of sp³-hybridized carbons (Fsp3) is 0.483. The number of nitrogens with zero attached hydrogens (tertiary/aromatic N) is 2. The number of aryl methyl sites for hydroxylation is 1. The molecule has 7 nitrogen and oxygen atoms in total. The number of likely N-dealkylation sites (tertiary alicyclic amines) is 1.